The summed E-state index contributed by atoms with van der Waals surface area (Å²) in [5.74, 6) is -0.647. The summed E-state index contributed by atoms with van der Waals surface area (Å²) in [6, 6.07) is 0. The van der Waals surface area contributed by atoms with Gasteiger partial charge in [-0.3, -0.25) is 9.59 Å². The highest BCUT2D eigenvalue weighted by atomic mass is 16.6. The lowest BCUT2D eigenvalue weighted by molar-refractivity contribution is -0.161. The average molecular weight is 647 g/mol. The average Bonchev–Trinajstić information content (AvgIpc) is 3.06. The number of rotatable bonds is 35. The molecule has 0 saturated carbocycles. The van der Waals surface area contributed by atoms with E-state index in [0.29, 0.717) is 12.8 Å². The highest BCUT2D eigenvalue weighted by Gasteiger charge is 2.15. The molecular formula is C41H74O5. The summed E-state index contributed by atoms with van der Waals surface area (Å²) >= 11 is 0. The molecule has 0 aliphatic rings. The molecule has 0 aliphatic carbocycles. The largest absolute Gasteiger partial charge is 0.462 e. The zero-order valence-electron chi connectivity index (χ0n) is 30.3. The molecule has 0 saturated heterocycles. The molecule has 0 aromatic carbocycles. The van der Waals surface area contributed by atoms with Crippen LogP contribution in [-0.2, 0) is 19.1 Å². The van der Waals surface area contributed by atoms with E-state index in [9.17, 15) is 14.7 Å². The van der Waals surface area contributed by atoms with Crippen LogP contribution in [0.1, 0.15) is 194 Å². The number of unbranched alkanes of at least 4 members (excludes halogenated alkanes) is 21. The van der Waals surface area contributed by atoms with Crippen molar-refractivity contribution in [2.24, 2.45) is 0 Å². The fraction of sp³-hybridized carbons (Fsp3) is 0.805. The van der Waals surface area contributed by atoms with Crippen LogP contribution in [0.15, 0.2) is 36.5 Å². The first-order valence-corrected chi connectivity index (χ1v) is 19.5. The summed E-state index contributed by atoms with van der Waals surface area (Å²) in [6.07, 6.45) is 44.9. The Bertz CT molecular complexity index is 741. The third-order valence-electron chi connectivity index (χ3n) is 8.44. The van der Waals surface area contributed by atoms with Crippen molar-refractivity contribution in [2.45, 2.75) is 200 Å². The van der Waals surface area contributed by atoms with Crippen LogP contribution in [0.4, 0.5) is 0 Å². The summed E-state index contributed by atoms with van der Waals surface area (Å²) < 4.78 is 10.6. The number of hydrogen-bond donors (Lipinski definition) is 1. The molecule has 0 spiro atoms. The van der Waals surface area contributed by atoms with Crippen molar-refractivity contribution in [3.63, 3.8) is 0 Å². The van der Waals surface area contributed by atoms with E-state index in [1.165, 1.54) is 122 Å². The van der Waals surface area contributed by atoms with Crippen LogP contribution < -0.4 is 0 Å². The molecule has 5 heteroatoms. The van der Waals surface area contributed by atoms with Crippen LogP contribution in [0.3, 0.4) is 0 Å². The molecule has 0 aromatic rings. The fourth-order valence-corrected chi connectivity index (χ4v) is 5.45. The van der Waals surface area contributed by atoms with Gasteiger partial charge in [0.25, 0.3) is 0 Å². The summed E-state index contributed by atoms with van der Waals surface area (Å²) in [6.45, 7) is 4.09. The van der Waals surface area contributed by atoms with E-state index < -0.39 is 6.10 Å². The molecule has 0 fully saturated rings. The number of aliphatic hydroxyl groups is 1. The zero-order valence-corrected chi connectivity index (χ0v) is 30.3. The SMILES string of the molecule is CCCCCCCC/C=C\C/C=C\C/C=C\CCCC(=O)O[C@@H](CO)COC(=O)CCCCCCCCCCCCCCCCC. The topological polar surface area (TPSA) is 72.8 Å². The number of carbonyl (C=O) groups excluding carboxylic acids is 2. The van der Waals surface area contributed by atoms with Crippen LogP contribution in [0.2, 0.25) is 0 Å². The lowest BCUT2D eigenvalue weighted by Gasteiger charge is -2.15. The minimum Gasteiger partial charge on any atom is -0.462 e. The normalized spacial score (nSPS) is 12.5. The van der Waals surface area contributed by atoms with E-state index in [-0.39, 0.29) is 31.6 Å². The smallest absolute Gasteiger partial charge is 0.306 e. The van der Waals surface area contributed by atoms with Crippen molar-refractivity contribution < 1.29 is 24.2 Å². The van der Waals surface area contributed by atoms with E-state index >= 15 is 0 Å². The van der Waals surface area contributed by atoms with Gasteiger partial charge in [-0.25, -0.2) is 0 Å². The molecule has 1 N–H and O–H groups in total. The van der Waals surface area contributed by atoms with Crippen molar-refractivity contribution in [2.75, 3.05) is 13.2 Å². The molecule has 0 aromatic heterocycles. The van der Waals surface area contributed by atoms with Crippen LogP contribution in [0.25, 0.3) is 0 Å². The number of hydrogen-bond acceptors (Lipinski definition) is 5. The Morgan fingerprint density at radius 2 is 0.891 bits per heavy atom. The van der Waals surface area contributed by atoms with Crippen molar-refractivity contribution >= 4 is 11.9 Å². The van der Waals surface area contributed by atoms with E-state index in [4.69, 9.17) is 9.47 Å². The van der Waals surface area contributed by atoms with Gasteiger partial charge in [0, 0.05) is 12.8 Å². The Morgan fingerprint density at radius 1 is 0.500 bits per heavy atom. The molecule has 0 radical (unpaired) electrons. The Balaban J connectivity index is 3.63. The van der Waals surface area contributed by atoms with Crippen molar-refractivity contribution in [3.8, 4) is 0 Å². The number of allylic oxidation sites excluding steroid dienone is 6. The van der Waals surface area contributed by atoms with Gasteiger partial charge >= 0.3 is 11.9 Å². The van der Waals surface area contributed by atoms with Crippen LogP contribution in [0, 0.1) is 0 Å². The second kappa shape index (κ2) is 37.6. The van der Waals surface area contributed by atoms with Gasteiger partial charge in [0.2, 0.25) is 0 Å². The summed E-state index contributed by atoms with van der Waals surface area (Å²) in [7, 11) is 0. The summed E-state index contributed by atoms with van der Waals surface area (Å²) in [5, 5.41) is 9.53. The van der Waals surface area contributed by atoms with Gasteiger partial charge in [-0.15, -0.1) is 0 Å². The number of carbonyl (C=O) groups is 2. The van der Waals surface area contributed by atoms with Crippen molar-refractivity contribution in [1.82, 2.24) is 0 Å². The van der Waals surface area contributed by atoms with Gasteiger partial charge in [0.15, 0.2) is 6.10 Å². The molecule has 268 valence electrons. The van der Waals surface area contributed by atoms with Gasteiger partial charge < -0.3 is 14.6 Å². The van der Waals surface area contributed by atoms with E-state index in [1.807, 2.05) is 0 Å². The second-order valence-electron chi connectivity index (χ2n) is 13.0. The van der Waals surface area contributed by atoms with Gasteiger partial charge in [-0.05, 0) is 44.9 Å². The summed E-state index contributed by atoms with van der Waals surface area (Å²) in [5.41, 5.74) is 0. The number of esters is 2. The maximum Gasteiger partial charge on any atom is 0.306 e. The minimum atomic E-state index is -0.793. The molecule has 0 bridgehead atoms. The predicted octanol–water partition coefficient (Wildman–Crippen LogP) is 12.1. The minimum absolute atomic E-state index is 0.0830. The maximum absolute atomic E-state index is 12.1. The molecule has 1 atom stereocenters. The quantitative estimate of drug-likeness (QED) is 0.0421. The third kappa shape index (κ3) is 35.0. The zero-order chi connectivity index (χ0) is 33.6. The van der Waals surface area contributed by atoms with Crippen molar-refractivity contribution in [1.29, 1.82) is 0 Å². The molecule has 0 unspecified atom stereocenters. The molecule has 0 heterocycles. The van der Waals surface area contributed by atoms with E-state index in [1.54, 1.807) is 0 Å². The molecule has 5 nitrogen and oxygen atoms in total. The first kappa shape index (κ1) is 44.1. The second-order valence-corrected chi connectivity index (χ2v) is 13.0. The highest BCUT2D eigenvalue weighted by molar-refractivity contribution is 5.70. The van der Waals surface area contributed by atoms with Gasteiger partial charge in [0.05, 0.1) is 6.61 Å². The summed E-state index contributed by atoms with van der Waals surface area (Å²) in [4.78, 5) is 24.2. The monoisotopic (exact) mass is 647 g/mol. The first-order valence-electron chi connectivity index (χ1n) is 19.5. The molecule has 46 heavy (non-hydrogen) atoms. The third-order valence-corrected chi connectivity index (χ3v) is 8.44. The molecule has 0 aliphatic heterocycles. The van der Waals surface area contributed by atoms with Crippen LogP contribution >= 0.6 is 0 Å². The van der Waals surface area contributed by atoms with Gasteiger partial charge in [-0.1, -0.05) is 172 Å². The number of aliphatic hydroxyl groups excluding tert-OH is 1. The Kier molecular flexibility index (Phi) is 36.0. The molecule has 0 rings (SSSR count). The van der Waals surface area contributed by atoms with Crippen molar-refractivity contribution in [3.05, 3.63) is 36.5 Å². The number of ether oxygens (including phenoxy) is 2. The fourth-order valence-electron chi connectivity index (χ4n) is 5.45. The van der Waals surface area contributed by atoms with Crippen LogP contribution in [0.5, 0.6) is 0 Å². The van der Waals surface area contributed by atoms with E-state index in [0.717, 1.165) is 38.5 Å². The van der Waals surface area contributed by atoms with Gasteiger partial charge in [-0.2, -0.15) is 0 Å². The first-order chi connectivity index (χ1) is 22.6. The highest BCUT2D eigenvalue weighted by Crippen LogP contribution is 2.14. The maximum atomic E-state index is 12.1. The van der Waals surface area contributed by atoms with Gasteiger partial charge in [0.1, 0.15) is 6.61 Å². The molecular weight excluding hydrogens is 572 g/mol. The Morgan fingerprint density at radius 3 is 1.37 bits per heavy atom. The van der Waals surface area contributed by atoms with Crippen LogP contribution in [-0.4, -0.2) is 36.4 Å². The Labute approximate surface area is 285 Å². The Hall–Kier alpha value is -1.88. The molecule has 0 amide bonds. The lowest BCUT2D eigenvalue weighted by atomic mass is 10.0. The standard InChI is InChI=1S/C41H74O5/c1-3-5-7-9-11-13-15-17-19-20-22-24-26-28-30-32-34-36-41(44)46-39(37-42)38-45-40(43)35-33-31-29-27-25-23-21-18-16-14-12-10-8-6-4-2/h17,19,22,24,28,30,39,42H,3-16,18,20-21,23,25-27,29,31-38H2,1-2H3/b19-17-,24-22-,30-28-/t39-/m0/s1. The predicted molar refractivity (Wildman–Crippen MR) is 196 cm³/mol. The lowest BCUT2D eigenvalue weighted by Crippen LogP contribution is -2.28. The van der Waals surface area contributed by atoms with E-state index in [2.05, 4.69) is 50.3 Å².